The van der Waals surface area contributed by atoms with Crippen LogP contribution < -0.4 is 5.32 Å². The Balaban J connectivity index is 1.53. The second-order valence-electron chi connectivity index (χ2n) is 4.98. The van der Waals surface area contributed by atoms with Crippen molar-refractivity contribution in [1.29, 1.82) is 0 Å². The number of hydrogen-bond donors (Lipinski definition) is 1. The zero-order chi connectivity index (χ0) is 14.2. The van der Waals surface area contributed by atoms with Crippen LogP contribution in [0.25, 0.3) is 0 Å². The van der Waals surface area contributed by atoms with Gasteiger partial charge < -0.3 is 5.32 Å². The Kier molecular flexibility index (Phi) is 6.12. The predicted octanol–water partition coefficient (Wildman–Crippen LogP) is 3.78. The summed E-state index contributed by atoms with van der Waals surface area (Å²) in [4.78, 5) is 12.7. The van der Waals surface area contributed by atoms with Crippen molar-refractivity contribution >= 4 is 17.7 Å². The lowest BCUT2D eigenvalue weighted by atomic mass is 10.1. The summed E-state index contributed by atoms with van der Waals surface area (Å²) in [6.07, 6.45) is 8.04. The number of halogens is 1. The highest BCUT2D eigenvalue weighted by Crippen LogP contribution is 2.20. The fourth-order valence-corrected chi connectivity index (χ4v) is 3.05. The summed E-state index contributed by atoms with van der Waals surface area (Å²) in [5.41, 5.74) is 0. The van der Waals surface area contributed by atoms with E-state index in [4.69, 9.17) is 0 Å². The SMILES string of the molecule is O=C(CC1C=CCC1)NCCCSc1ccc(F)cc1. The molecule has 0 aromatic heterocycles. The Morgan fingerprint density at radius 2 is 2.15 bits per heavy atom. The number of thioether (sulfide) groups is 1. The van der Waals surface area contributed by atoms with Crippen molar-refractivity contribution in [2.45, 2.75) is 30.6 Å². The Morgan fingerprint density at radius 1 is 1.35 bits per heavy atom. The number of nitrogens with one attached hydrogen (secondary N) is 1. The maximum Gasteiger partial charge on any atom is 0.220 e. The molecule has 0 fully saturated rings. The summed E-state index contributed by atoms with van der Waals surface area (Å²) in [5, 5.41) is 2.96. The van der Waals surface area contributed by atoms with E-state index in [2.05, 4.69) is 17.5 Å². The molecule has 0 bridgehead atoms. The van der Waals surface area contributed by atoms with Crippen molar-refractivity contribution in [2.24, 2.45) is 5.92 Å². The minimum Gasteiger partial charge on any atom is -0.356 e. The third kappa shape index (κ3) is 5.37. The molecule has 1 aliphatic rings. The largest absolute Gasteiger partial charge is 0.356 e. The first-order valence-electron chi connectivity index (χ1n) is 7.06. The van der Waals surface area contributed by atoms with Crippen LogP contribution in [0.2, 0.25) is 0 Å². The second kappa shape index (κ2) is 8.10. The summed E-state index contributed by atoms with van der Waals surface area (Å²) in [5.74, 6) is 1.30. The van der Waals surface area contributed by atoms with Crippen LogP contribution >= 0.6 is 11.8 Å². The van der Waals surface area contributed by atoms with Gasteiger partial charge in [-0.25, -0.2) is 4.39 Å². The van der Waals surface area contributed by atoms with Gasteiger partial charge in [-0.1, -0.05) is 12.2 Å². The lowest BCUT2D eigenvalue weighted by Crippen LogP contribution is -2.26. The summed E-state index contributed by atoms with van der Waals surface area (Å²) in [7, 11) is 0. The van der Waals surface area contributed by atoms with E-state index in [9.17, 15) is 9.18 Å². The highest BCUT2D eigenvalue weighted by molar-refractivity contribution is 7.99. The van der Waals surface area contributed by atoms with Crippen molar-refractivity contribution < 1.29 is 9.18 Å². The van der Waals surface area contributed by atoms with Crippen LogP contribution in [-0.4, -0.2) is 18.2 Å². The molecule has 1 amide bonds. The van der Waals surface area contributed by atoms with Crippen LogP contribution in [0.5, 0.6) is 0 Å². The molecule has 2 rings (SSSR count). The Hall–Kier alpha value is -1.29. The minimum absolute atomic E-state index is 0.147. The molecule has 1 atom stereocenters. The Bertz CT molecular complexity index is 458. The number of carbonyl (C=O) groups excluding carboxylic acids is 1. The normalized spacial score (nSPS) is 17.4. The standard InChI is InChI=1S/C16H20FNOS/c17-14-6-8-15(9-7-14)20-11-3-10-18-16(19)12-13-4-1-2-5-13/h1,4,6-9,13H,2-3,5,10-12H2,(H,18,19). The molecule has 0 aliphatic heterocycles. The number of hydrogen-bond acceptors (Lipinski definition) is 2. The maximum atomic E-state index is 12.7. The first-order valence-corrected chi connectivity index (χ1v) is 8.04. The monoisotopic (exact) mass is 293 g/mol. The summed E-state index contributed by atoms with van der Waals surface area (Å²) < 4.78 is 12.7. The number of carbonyl (C=O) groups is 1. The van der Waals surface area contributed by atoms with Gasteiger partial charge in [-0.3, -0.25) is 4.79 Å². The number of allylic oxidation sites excluding steroid dienone is 2. The van der Waals surface area contributed by atoms with Crippen molar-refractivity contribution in [3.8, 4) is 0 Å². The second-order valence-corrected chi connectivity index (χ2v) is 6.14. The maximum absolute atomic E-state index is 12.7. The lowest BCUT2D eigenvalue weighted by Gasteiger charge is -2.08. The highest BCUT2D eigenvalue weighted by Gasteiger charge is 2.13. The third-order valence-corrected chi connectivity index (χ3v) is 4.38. The quantitative estimate of drug-likeness (QED) is 0.471. The van der Waals surface area contributed by atoms with Crippen LogP contribution in [0.15, 0.2) is 41.3 Å². The van der Waals surface area contributed by atoms with Gasteiger partial charge in [0.15, 0.2) is 0 Å². The van der Waals surface area contributed by atoms with Gasteiger partial charge in [-0.05, 0) is 55.2 Å². The van der Waals surface area contributed by atoms with Gasteiger partial charge >= 0.3 is 0 Å². The van der Waals surface area contributed by atoms with Crippen LogP contribution in [0, 0.1) is 11.7 Å². The van der Waals surface area contributed by atoms with Crippen molar-refractivity contribution in [1.82, 2.24) is 5.32 Å². The van der Waals surface area contributed by atoms with Gasteiger partial charge in [0, 0.05) is 17.9 Å². The number of amides is 1. The molecule has 1 aromatic rings. The molecule has 1 aliphatic carbocycles. The van der Waals surface area contributed by atoms with Gasteiger partial charge in [-0.2, -0.15) is 0 Å². The molecule has 108 valence electrons. The molecule has 0 heterocycles. The van der Waals surface area contributed by atoms with E-state index < -0.39 is 0 Å². The highest BCUT2D eigenvalue weighted by atomic mass is 32.2. The molecule has 0 spiro atoms. The summed E-state index contributed by atoms with van der Waals surface area (Å²) in [6.45, 7) is 0.712. The lowest BCUT2D eigenvalue weighted by molar-refractivity contribution is -0.121. The Morgan fingerprint density at radius 3 is 2.85 bits per heavy atom. The molecule has 20 heavy (non-hydrogen) atoms. The summed E-state index contributed by atoms with van der Waals surface area (Å²) in [6, 6.07) is 6.51. The molecular weight excluding hydrogens is 273 g/mol. The van der Waals surface area contributed by atoms with Crippen molar-refractivity contribution in [2.75, 3.05) is 12.3 Å². The molecule has 1 unspecified atom stereocenters. The van der Waals surface area contributed by atoms with Gasteiger partial charge in [0.1, 0.15) is 5.82 Å². The van der Waals surface area contributed by atoms with Gasteiger partial charge in [0.2, 0.25) is 5.91 Å². The number of rotatable bonds is 7. The van der Waals surface area contributed by atoms with E-state index in [1.165, 1.54) is 12.1 Å². The molecule has 4 heteroatoms. The fraction of sp³-hybridized carbons (Fsp3) is 0.438. The average Bonchev–Trinajstić information content (AvgIpc) is 2.93. The van der Waals surface area contributed by atoms with Crippen LogP contribution in [0.3, 0.4) is 0 Å². The molecule has 1 aromatic carbocycles. The molecule has 1 N–H and O–H groups in total. The predicted molar refractivity (Wildman–Crippen MR) is 81.2 cm³/mol. The summed E-state index contributed by atoms with van der Waals surface area (Å²) >= 11 is 1.68. The average molecular weight is 293 g/mol. The number of benzene rings is 1. The minimum atomic E-state index is -0.206. The fourth-order valence-electron chi connectivity index (χ4n) is 2.20. The molecular formula is C16H20FNOS. The Labute approximate surface area is 123 Å². The topological polar surface area (TPSA) is 29.1 Å². The van der Waals surface area contributed by atoms with E-state index in [0.717, 1.165) is 29.9 Å². The first kappa shape index (κ1) is 15.1. The first-order chi connectivity index (χ1) is 9.74. The van der Waals surface area contributed by atoms with Crippen LogP contribution in [-0.2, 0) is 4.79 Å². The van der Waals surface area contributed by atoms with Gasteiger partial charge in [0.05, 0.1) is 0 Å². The van der Waals surface area contributed by atoms with Crippen LogP contribution in [0.4, 0.5) is 4.39 Å². The zero-order valence-corrected chi connectivity index (χ0v) is 12.3. The molecule has 0 saturated heterocycles. The molecule has 0 radical (unpaired) electrons. The molecule has 0 saturated carbocycles. The third-order valence-electron chi connectivity index (χ3n) is 3.29. The zero-order valence-electron chi connectivity index (χ0n) is 11.5. The smallest absolute Gasteiger partial charge is 0.220 e. The van der Waals surface area contributed by atoms with Crippen molar-refractivity contribution in [3.05, 3.63) is 42.2 Å². The van der Waals surface area contributed by atoms with E-state index >= 15 is 0 Å². The van der Waals surface area contributed by atoms with Crippen LogP contribution in [0.1, 0.15) is 25.7 Å². The molecule has 2 nitrogen and oxygen atoms in total. The van der Waals surface area contributed by atoms with E-state index in [1.807, 2.05) is 0 Å². The van der Waals surface area contributed by atoms with Gasteiger partial charge in [0.25, 0.3) is 0 Å². The van der Waals surface area contributed by atoms with E-state index in [1.54, 1.807) is 23.9 Å². The van der Waals surface area contributed by atoms with Gasteiger partial charge in [-0.15, -0.1) is 11.8 Å². The van der Waals surface area contributed by atoms with Crippen molar-refractivity contribution in [3.63, 3.8) is 0 Å². The van der Waals surface area contributed by atoms with E-state index in [-0.39, 0.29) is 11.7 Å². The van der Waals surface area contributed by atoms with E-state index in [0.29, 0.717) is 18.9 Å².